The molecule has 1 saturated heterocycles. The van der Waals surface area contributed by atoms with Gasteiger partial charge in [-0.15, -0.1) is 11.3 Å². The van der Waals surface area contributed by atoms with Gasteiger partial charge in [-0.25, -0.2) is 4.39 Å². The molecule has 0 saturated carbocycles. The minimum absolute atomic E-state index is 0.0190. The van der Waals surface area contributed by atoms with Crippen LogP contribution < -0.4 is 5.32 Å². The Hall–Kier alpha value is -2.23. The summed E-state index contributed by atoms with van der Waals surface area (Å²) in [6.45, 7) is 2.83. The number of carbonyl (C=O) groups excluding carboxylic acids is 1. The molecule has 0 radical (unpaired) electrons. The van der Waals surface area contributed by atoms with Gasteiger partial charge in [-0.2, -0.15) is 16.7 Å². The molecule has 0 aliphatic carbocycles. The SMILES string of the molecule is O=C(NCCCSCc1ccccc1F)C1CCCN(Cc2nc(-c3cccs3)no2)C1. The van der Waals surface area contributed by atoms with Crippen LogP contribution in [-0.2, 0) is 17.1 Å². The fraction of sp³-hybridized carbons (Fsp3) is 0.435. The van der Waals surface area contributed by atoms with E-state index in [9.17, 15) is 9.18 Å². The lowest BCUT2D eigenvalue weighted by atomic mass is 9.97. The van der Waals surface area contributed by atoms with E-state index >= 15 is 0 Å². The molecule has 9 heteroatoms. The summed E-state index contributed by atoms with van der Waals surface area (Å²) in [5.74, 6) is 2.68. The first kappa shape index (κ1) is 22.9. The minimum atomic E-state index is -0.154. The fourth-order valence-corrected chi connectivity index (χ4v) is 5.35. The van der Waals surface area contributed by atoms with Crippen molar-refractivity contribution in [1.82, 2.24) is 20.4 Å². The molecule has 1 aliphatic heterocycles. The van der Waals surface area contributed by atoms with E-state index in [1.807, 2.05) is 29.6 Å². The Morgan fingerprint density at radius 3 is 3.06 bits per heavy atom. The van der Waals surface area contributed by atoms with Gasteiger partial charge in [0.25, 0.3) is 0 Å². The summed E-state index contributed by atoms with van der Waals surface area (Å²) in [4.78, 5) is 20.3. The molecule has 1 atom stereocenters. The number of nitrogens with zero attached hydrogens (tertiary/aromatic N) is 3. The Labute approximate surface area is 195 Å². The number of hydrogen-bond donors (Lipinski definition) is 1. The second-order valence-electron chi connectivity index (χ2n) is 7.85. The van der Waals surface area contributed by atoms with Crippen molar-refractivity contribution in [3.8, 4) is 10.7 Å². The number of hydrogen-bond acceptors (Lipinski definition) is 7. The Morgan fingerprint density at radius 2 is 2.22 bits per heavy atom. The zero-order chi connectivity index (χ0) is 22.2. The zero-order valence-electron chi connectivity index (χ0n) is 17.8. The average Bonchev–Trinajstić information content (AvgIpc) is 3.49. The lowest BCUT2D eigenvalue weighted by Crippen LogP contribution is -2.43. The van der Waals surface area contributed by atoms with E-state index in [-0.39, 0.29) is 17.6 Å². The maximum absolute atomic E-state index is 13.6. The Balaban J connectivity index is 1.15. The molecule has 6 nitrogen and oxygen atoms in total. The van der Waals surface area contributed by atoms with E-state index in [2.05, 4.69) is 20.4 Å². The summed E-state index contributed by atoms with van der Waals surface area (Å²) >= 11 is 3.27. The van der Waals surface area contributed by atoms with Crippen LogP contribution in [0.1, 0.15) is 30.7 Å². The third-order valence-electron chi connectivity index (χ3n) is 5.42. The van der Waals surface area contributed by atoms with Gasteiger partial charge in [0.2, 0.25) is 17.6 Å². The molecule has 0 spiro atoms. The molecule has 1 fully saturated rings. The van der Waals surface area contributed by atoms with Gasteiger partial charge in [0.1, 0.15) is 5.82 Å². The quantitative estimate of drug-likeness (QED) is 0.434. The van der Waals surface area contributed by atoms with Crippen molar-refractivity contribution in [2.24, 2.45) is 5.92 Å². The summed E-state index contributed by atoms with van der Waals surface area (Å²) in [6, 6.07) is 10.8. The predicted octanol–water partition coefficient (Wildman–Crippen LogP) is 4.59. The number of thiophene rings is 1. The highest BCUT2D eigenvalue weighted by atomic mass is 32.2. The van der Waals surface area contributed by atoms with Crippen molar-refractivity contribution < 1.29 is 13.7 Å². The van der Waals surface area contributed by atoms with Crippen LogP contribution >= 0.6 is 23.1 Å². The van der Waals surface area contributed by atoms with Gasteiger partial charge >= 0.3 is 0 Å². The molecule has 1 aliphatic rings. The van der Waals surface area contributed by atoms with E-state index < -0.39 is 0 Å². The third kappa shape index (κ3) is 6.40. The second kappa shape index (κ2) is 11.6. The molecule has 3 heterocycles. The number of rotatable bonds is 10. The first-order chi connectivity index (χ1) is 15.7. The Morgan fingerprint density at radius 1 is 1.31 bits per heavy atom. The van der Waals surface area contributed by atoms with Crippen LogP contribution in [0.4, 0.5) is 4.39 Å². The molecule has 4 rings (SSSR count). The van der Waals surface area contributed by atoms with Crippen LogP contribution in [0.2, 0.25) is 0 Å². The van der Waals surface area contributed by atoms with Crippen molar-refractivity contribution in [3.63, 3.8) is 0 Å². The molecule has 3 aromatic rings. The van der Waals surface area contributed by atoms with Crippen molar-refractivity contribution in [3.05, 3.63) is 59.0 Å². The minimum Gasteiger partial charge on any atom is -0.356 e. The molecule has 32 heavy (non-hydrogen) atoms. The van der Waals surface area contributed by atoms with Gasteiger partial charge in [0, 0.05) is 18.8 Å². The second-order valence-corrected chi connectivity index (χ2v) is 9.90. The lowest BCUT2D eigenvalue weighted by molar-refractivity contribution is -0.126. The lowest BCUT2D eigenvalue weighted by Gasteiger charge is -2.30. The van der Waals surface area contributed by atoms with Crippen LogP contribution in [0.3, 0.4) is 0 Å². The van der Waals surface area contributed by atoms with Crippen LogP contribution in [0, 0.1) is 11.7 Å². The van der Waals surface area contributed by atoms with E-state index in [4.69, 9.17) is 4.52 Å². The molecule has 0 bridgehead atoms. The molecule has 2 aromatic heterocycles. The number of aromatic nitrogens is 2. The normalized spacial score (nSPS) is 16.8. The largest absolute Gasteiger partial charge is 0.356 e. The van der Waals surface area contributed by atoms with E-state index in [0.717, 1.165) is 42.0 Å². The highest BCUT2D eigenvalue weighted by molar-refractivity contribution is 7.98. The molecular weight excluding hydrogens is 447 g/mol. The summed E-state index contributed by atoms with van der Waals surface area (Å²) in [7, 11) is 0. The van der Waals surface area contributed by atoms with E-state index in [1.165, 1.54) is 6.07 Å². The Bertz CT molecular complexity index is 996. The number of amides is 1. The maximum atomic E-state index is 13.6. The molecule has 1 unspecified atom stereocenters. The highest BCUT2D eigenvalue weighted by Crippen LogP contribution is 2.23. The van der Waals surface area contributed by atoms with Crippen LogP contribution in [0.5, 0.6) is 0 Å². The topological polar surface area (TPSA) is 71.3 Å². The smallest absolute Gasteiger partial charge is 0.241 e. The molecule has 170 valence electrons. The maximum Gasteiger partial charge on any atom is 0.241 e. The number of likely N-dealkylation sites (tertiary alicyclic amines) is 1. The van der Waals surface area contributed by atoms with Gasteiger partial charge in [-0.3, -0.25) is 9.69 Å². The molecular formula is C23H27FN4O2S2. The summed E-state index contributed by atoms with van der Waals surface area (Å²) in [5, 5.41) is 9.12. The third-order valence-corrected chi connectivity index (χ3v) is 7.38. The summed E-state index contributed by atoms with van der Waals surface area (Å²) < 4.78 is 19.0. The average molecular weight is 475 g/mol. The summed E-state index contributed by atoms with van der Waals surface area (Å²) in [5.41, 5.74) is 0.729. The first-order valence-electron chi connectivity index (χ1n) is 10.9. The van der Waals surface area contributed by atoms with Crippen LogP contribution in [0.15, 0.2) is 46.3 Å². The van der Waals surface area contributed by atoms with Gasteiger partial charge in [-0.05, 0) is 54.6 Å². The molecule has 1 N–H and O–H groups in total. The van der Waals surface area contributed by atoms with E-state index in [1.54, 1.807) is 29.2 Å². The number of benzene rings is 1. The van der Waals surface area contributed by atoms with Crippen molar-refractivity contribution in [2.45, 2.75) is 31.6 Å². The first-order valence-corrected chi connectivity index (χ1v) is 12.9. The van der Waals surface area contributed by atoms with Crippen LogP contribution in [0.25, 0.3) is 10.7 Å². The highest BCUT2D eigenvalue weighted by Gasteiger charge is 2.26. The van der Waals surface area contributed by atoms with Crippen molar-refractivity contribution >= 4 is 29.0 Å². The number of thioether (sulfide) groups is 1. The van der Waals surface area contributed by atoms with Crippen LogP contribution in [-0.4, -0.2) is 46.3 Å². The monoisotopic (exact) mass is 474 g/mol. The number of piperidine rings is 1. The predicted molar refractivity (Wildman–Crippen MR) is 126 cm³/mol. The van der Waals surface area contributed by atoms with Gasteiger partial charge < -0.3 is 9.84 Å². The van der Waals surface area contributed by atoms with Gasteiger partial charge in [-0.1, -0.05) is 29.4 Å². The van der Waals surface area contributed by atoms with Gasteiger partial charge in [0.05, 0.1) is 17.3 Å². The molecule has 1 amide bonds. The number of nitrogens with one attached hydrogen (secondary N) is 1. The number of halogens is 1. The molecule has 1 aromatic carbocycles. The van der Waals surface area contributed by atoms with Crippen molar-refractivity contribution in [2.75, 3.05) is 25.4 Å². The standard InChI is InChI=1S/C23H27FN4O2S2/c24-19-8-2-1-6-18(19)16-31-12-5-10-25-23(29)17-7-3-11-28(14-17)15-21-26-22(27-30-21)20-9-4-13-32-20/h1-2,4,6,8-9,13,17H,3,5,7,10-12,14-16H2,(H,25,29). The zero-order valence-corrected chi connectivity index (χ0v) is 19.5. The number of carbonyl (C=O) groups is 1. The fourth-order valence-electron chi connectivity index (χ4n) is 3.76. The van der Waals surface area contributed by atoms with Gasteiger partial charge in [0.15, 0.2) is 0 Å². The summed E-state index contributed by atoms with van der Waals surface area (Å²) in [6.07, 6.45) is 2.74. The van der Waals surface area contributed by atoms with Crippen molar-refractivity contribution in [1.29, 1.82) is 0 Å². The Kier molecular flexibility index (Phi) is 8.30. The van der Waals surface area contributed by atoms with E-state index in [0.29, 0.717) is 37.1 Å².